The van der Waals surface area contributed by atoms with Gasteiger partial charge in [-0.05, 0) is 36.2 Å². The van der Waals surface area contributed by atoms with E-state index >= 15 is 0 Å². The van der Waals surface area contributed by atoms with Gasteiger partial charge in [0, 0.05) is 18.3 Å². The number of hydrogen-bond acceptors (Lipinski definition) is 6. The number of hydrogen-bond donors (Lipinski definition) is 1. The van der Waals surface area contributed by atoms with E-state index in [-0.39, 0.29) is 24.7 Å². The molecule has 0 radical (unpaired) electrons. The largest absolute Gasteiger partial charge is 0.497 e. The summed E-state index contributed by atoms with van der Waals surface area (Å²) in [6, 6.07) is 13.2. The fraction of sp³-hybridized carbons (Fsp3) is 0.360. The second kappa shape index (κ2) is 7.52. The molecule has 0 aliphatic carbocycles. The lowest BCUT2D eigenvalue weighted by molar-refractivity contribution is -0.131. The van der Waals surface area contributed by atoms with Crippen molar-refractivity contribution in [2.75, 3.05) is 31.9 Å². The number of carbonyl (C=O) groups excluding carboxylic acids is 2. The molecule has 4 aliphatic heterocycles. The van der Waals surface area contributed by atoms with Gasteiger partial charge in [0.25, 0.3) is 0 Å². The van der Waals surface area contributed by atoms with Crippen LogP contribution in [0.3, 0.4) is 0 Å². The summed E-state index contributed by atoms with van der Waals surface area (Å²) in [4.78, 5) is 28.3. The van der Waals surface area contributed by atoms with Crippen LogP contribution in [0, 0.1) is 11.8 Å². The lowest BCUT2D eigenvalue weighted by Gasteiger charge is -2.23. The van der Waals surface area contributed by atoms with Gasteiger partial charge in [0.05, 0.1) is 31.6 Å². The molecule has 2 bridgehead atoms. The molecular weight excluding hydrogens is 424 g/mol. The summed E-state index contributed by atoms with van der Waals surface area (Å²) < 4.78 is 22.2. The van der Waals surface area contributed by atoms with Gasteiger partial charge in [-0.25, -0.2) is 0 Å². The fourth-order valence-electron chi connectivity index (χ4n) is 5.31. The van der Waals surface area contributed by atoms with Crippen molar-refractivity contribution in [2.24, 2.45) is 11.8 Å². The number of anilines is 1. The van der Waals surface area contributed by atoms with Gasteiger partial charge < -0.3 is 29.2 Å². The second-order valence-electron chi connectivity index (χ2n) is 8.75. The van der Waals surface area contributed by atoms with Gasteiger partial charge in [-0.3, -0.25) is 9.59 Å². The minimum Gasteiger partial charge on any atom is -0.497 e. The molecule has 4 atom stereocenters. The number of benzene rings is 2. The minimum atomic E-state index is -0.768. The first-order chi connectivity index (χ1) is 16.1. The molecule has 2 saturated heterocycles. The summed E-state index contributed by atoms with van der Waals surface area (Å²) in [6.07, 6.45) is 4.19. The number of ether oxygens (including phenoxy) is 4. The molecule has 2 aromatic rings. The number of methoxy groups -OCH3 is 1. The molecule has 2 amide bonds. The maximum atomic E-state index is 13.5. The quantitative estimate of drug-likeness (QED) is 0.681. The van der Waals surface area contributed by atoms with Crippen molar-refractivity contribution in [1.29, 1.82) is 0 Å². The molecule has 8 nitrogen and oxygen atoms in total. The van der Waals surface area contributed by atoms with Crippen LogP contribution >= 0.6 is 0 Å². The Morgan fingerprint density at radius 3 is 2.82 bits per heavy atom. The smallest absolute Gasteiger partial charge is 0.234 e. The van der Waals surface area contributed by atoms with Crippen molar-refractivity contribution in [1.82, 2.24) is 5.32 Å². The first kappa shape index (κ1) is 20.1. The molecule has 2 aromatic carbocycles. The zero-order valence-corrected chi connectivity index (χ0v) is 18.2. The number of nitrogens with zero attached hydrogens (tertiary/aromatic N) is 1. The molecule has 170 valence electrons. The van der Waals surface area contributed by atoms with Crippen molar-refractivity contribution < 1.29 is 28.5 Å². The zero-order chi connectivity index (χ0) is 22.6. The first-order valence-electron chi connectivity index (χ1n) is 11.1. The maximum Gasteiger partial charge on any atom is 0.234 e. The summed E-state index contributed by atoms with van der Waals surface area (Å²) in [5.41, 5.74) is 1.05. The van der Waals surface area contributed by atoms with E-state index in [9.17, 15) is 9.59 Å². The average Bonchev–Trinajstić information content (AvgIpc) is 3.59. The van der Waals surface area contributed by atoms with E-state index in [0.717, 1.165) is 11.3 Å². The summed E-state index contributed by atoms with van der Waals surface area (Å²) >= 11 is 0. The van der Waals surface area contributed by atoms with Gasteiger partial charge in [-0.15, -0.1) is 0 Å². The molecular formula is C25H24N2O6. The van der Waals surface area contributed by atoms with Gasteiger partial charge in [0.2, 0.25) is 18.6 Å². The number of fused-ring (bicyclic) bond motifs is 2. The highest BCUT2D eigenvalue weighted by molar-refractivity contribution is 6.03. The van der Waals surface area contributed by atoms with Crippen LogP contribution in [-0.4, -0.2) is 50.5 Å². The predicted molar refractivity (Wildman–Crippen MR) is 118 cm³/mol. The molecule has 4 heterocycles. The molecule has 0 aromatic heterocycles. The molecule has 33 heavy (non-hydrogen) atoms. The number of nitrogens with one attached hydrogen (secondary N) is 1. The van der Waals surface area contributed by atoms with Crippen LogP contribution in [0.1, 0.15) is 5.56 Å². The Kier molecular flexibility index (Phi) is 4.58. The van der Waals surface area contributed by atoms with E-state index in [4.69, 9.17) is 18.9 Å². The third-order valence-electron chi connectivity index (χ3n) is 6.94. The maximum absolute atomic E-state index is 13.5. The SMILES string of the molecule is COc1ccc(CCNC(=O)[C@H]2[C@H]3C=C[C@@]4(CN(c5ccc6c(c5)OCO6)C(=O)[C@@H]24)O3)cc1. The summed E-state index contributed by atoms with van der Waals surface area (Å²) in [5.74, 6) is 0.738. The third kappa shape index (κ3) is 3.16. The highest BCUT2D eigenvalue weighted by Crippen LogP contribution is 2.53. The Morgan fingerprint density at radius 2 is 2.00 bits per heavy atom. The molecule has 2 fully saturated rings. The Labute approximate surface area is 191 Å². The monoisotopic (exact) mass is 448 g/mol. The van der Waals surface area contributed by atoms with Gasteiger partial charge in [0.15, 0.2) is 11.5 Å². The van der Waals surface area contributed by atoms with Crippen molar-refractivity contribution >= 4 is 17.5 Å². The van der Waals surface area contributed by atoms with Gasteiger partial charge in [-0.1, -0.05) is 24.3 Å². The van der Waals surface area contributed by atoms with Crippen molar-refractivity contribution in [3.05, 3.63) is 60.2 Å². The predicted octanol–water partition coefficient (Wildman–Crippen LogP) is 2.07. The van der Waals surface area contributed by atoms with Crippen molar-refractivity contribution in [2.45, 2.75) is 18.1 Å². The molecule has 1 spiro atoms. The summed E-state index contributed by atoms with van der Waals surface area (Å²) in [7, 11) is 1.63. The van der Waals surface area contributed by atoms with E-state index in [1.807, 2.05) is 42.5 Å². The van der Waals surface area contributed by atoms with E-state index in [1.54, 1.807) is 24.1 Å². The number of carbonyl (C=O) groups is 2. The lowest BCUT2D eigenvalue weighted by Crippen LogP contribution is -2.44. The topological polar surface area (TPSA) is 86.3 Å². The number of amides is 2. The van der Waals surface area contributed by atoms with Gasteiger partial charge in [0.1, 0.15) is 11.4 Å². The van der Waals surface area contributed by atoms with Gasteiger partial charge in [-0.2, -0.15) is 0 Å². The molecule has 0 unspecified atom stereocenters. The average molecular weight is 448 g/mol. The lowest BCUT2D eigenvalue weighted by atomic mass is 9.77. The van der Waals surface area contributed by atoms with Gasteiger partial charge >= 0.3 is 0 Å². The highest BCUT2D eigenvalue weighted by Gasteiger charge is 2.67. The van der Waals surface area contributed by atoms with Crippen LogP contribution < -0.4 is 24.4 Å². The Bertz CT molecular complexity index is 1150. The van der Waals surface area contributed by atoms with Crippen LogP contribution in [0.15, 0.2) is 54.6 Å². The van der Waals surface area contributed by atoms with Crippen LogP contribution in [0.4, 0.5) is 5.69 Å². The summed E-state index contributed by atoms with van der Waals surface area (Å²) in [6.45, 7) is 1.03. The third-order valence-corrected chi connectivity index (χ3v) is 6.94. The van der Waals surface area contributed by atoms with E-state index in [2.05, 4.69) is 5.32 Å². The molecule has 6 rings (SSSR count). The molecule has 1 N–H and O–H groups in total. The Hall–Kier alpha value is -3.52. The second-order valence-corrected chi connectivity index (χ2v) is 8.75. The fourth-order valence-corrected chi connectivity index (χ4v) is 5.31. The number of rotatable bonds is 6. The summed E-state index contributed by atoms with van der Waals surface area (Å²) in [5, 5.41) is 3.01. The highest BCUT2D eigenvalue weighted by atomic mass is 16.7. The van der Waals surface area contributed by atoms with Crippen molar-refractivity contribution in [3.8, 4) is 17.2 Å². The molecule has 8 heteroatoms. The van der Waals surface area contributed by atoms with Crippen LogP contribution in [-0.2, 0) is 20.7 Å². The first-order valence-corrected chi connectivity index (χ1v) is 11.1. The molecule has 4 aliphatic rings. The van der Waals surface area contributed by atoms with E-state index in [0.29, 0.717) is 36.7 Å². The van der Waals surface area contributed by atoms with Crippen LogP contribution in [0.25, 0.3) is 0 Å². The Balaban J connectivity index is 1.16. The van der Waals surface area contributed by atoms with E-state index < -0.39 is 17.4 Å². The van der Waals surface area contributed by atoms with Crippen LogP contribution in [0.5, 0.6) is 17.2 Å². The van der Waals surface area contributed by atoms with Crippen molar-refractivity contribution in [3.63, 3.8) is 0 Å². The van der Waals surface area contributed by atoms with Crippen LogP contribution in [0.2, 0.25) is 0 Å². The normalized spacial score (nSPS) is 28.3. The zero-order valence-electron chi connectivity index (χ0n) is 18.2. The minimum absolute atomic E-state index is 0.101. The Morgan fingerprint density at radius 1 is 1.18 bits per heavy atom. The van der Waals surface area contributed by atoms with E-state index in [1.165, 1.54) is 0 Å². The molecule has 0 saturated carbocycles. The standard InChI is InChI=1S/C25H24N2O6/c1-30-17-5-2-15(3-6-17)9-11-26-23(28)21-19-8-10-25(33-19)13-27(24(29)22(21)25)16-4-7-18-20(12-16)32-14-31-18/h2-8,10,12,19,21-22H,9,11,13-14H2,1H3,(H,26,28)/t19-,21+,22-,25+/m1/s1.